The van der Waals surface area contributed by atoms with Crippen molar-refractivity contribution in [3.05, 3.63) is 59.7 Å². The van der Waals surface area contributed by atoms with Crippen molar-refractivity contribution in [2.75, 3.05) is 7.11 Å². The van der Waals surface area contributed by atoms with Gasteiger partial charge < -0.3 is 15.2 Å². The fraction of sp³-hybridized carbons (Fsp3) is 0.294. The highest BCUT2D eigenvalue weighted by Crippen LogP contribution is 2.26. The van der Waals surface area contributed by atoms with Crippen molar-refractivity contribution in [1.82, 2.24) is 0 Å². The summed E-state index contributed by atoms with van der Waals surface area (Å²) in [5, 5.41) is 0. The highest BCUT2D eigenvalue weighted by Gasteiger charge is 2.08. The molecule has 2 N–H and O–H groups in total. The van der Waals surface area contributed by atoms with Crippen LogP contribution in [0.2, 0.25) is 0 Å². The van der Waals surface area contributed by atoms with Gasteiger partial charge in [0.2, 0.25) is 0 Å². The molecule has 3 nitrogen and oxygen atoms in total. The van der Waals surface area contributed by atoms with Crippen LogP contribution in [-0.2, 0) is 13.0 Å². The lowest BCUT2D eigenvalue weighted by atomic mass is 10.1. The van der Waals surface area contributed by atoms with Gasteiger partial charge in [-0.1, -0.05) is 30.3 Å². The second kappa shape index (κ2) is 6.96. The van der Waals surface area contributed by atoms with Crippen LogP contribution in [0.4, 0.5) is 0 Å². The first-order chi connectivity index (χ1) is 9.69. The number of rotatable bonds is 6. The Morgan fingerprint density at radius 3 is 2.50 bits per heavy atom. The van der Waals surface area contributed by atoms with E-state index in [2.05, 4.69) is 12.1 Å². The molecule has 0 aliphatic carbocycles. The molecule has 1 atom stereocenters. The Morgan fingerprint density at radius 1 is 1.10 bits per heavy atom. The van der Waals surface area contributed by atoms with Gasteiger partial charge in [0.25, 0.3) is 0 Å². The minimum absolute atomic E-state index is 0.0844. The molecule has 0 radical (unpaired) electrons. The monoisotopic (exact) mass is 271 g/mol. The Kier molecular flexibility index (Phi) is 5.02. The maximum absolute atomic E-state index is 5.91. The van der Waals surface area contributed by atoms with Crippen LogP contribution in [0.3, 0.4) is 0 Å². The number of ether oxygens (including phenoxy) is 2. The van der Waals surface area contributed by atoms with Crippen LogP contribution in [0, 0.1) is 0 Å². The summed E-state index contributed by atoms with van der Waals surface area (Å²) in [5.41, 5.74) is 8.12. The zero-order valence-corrected chi connectivity index (χ0v) is 12.0. The maximum atomic E-state index is 5.91. The Hall–Kier alpha value is -2.00. The van der Waals surface area contributed by atoms with Gasteiger partial charge in [-0.05, 0) is 42.7 Å². The van der Waals surface area contributed by atoms with Crippen molar-refractivity contribution in [1.29, 1.82) is 0 Å². The highest BCUT2D eigenvalue weighted by atomic mass is 16.5. The summed E-state index contributed by atoms with van der Waals surface area (Å²) in [6.45, 7) is 2.54. The van der Waals surface area contributed by atoms with E-state index in [-0.39, 0.29) is 6.04 Å². The smallest absolute Gasteiger partial charge is 0.123 e. The molecule has 0 aromatic heterocycles. The van der Waals surface area contributed by atoms with E-state index in [1.54, 1.807) is 7.11 Å². The molecular formula is C17H21NO2. The van der Waals surface area contributed by atoms with Crippen LogP contribution in [0.1, 0.15) is 18.1 Å². The van der Waals surface area contributed by atoms with Crippen molar-refractivity contribution in [2.24, 2.45) is 5.73 Å². The molecular weight excluding hydrogens is 250 g/mol. The third kappa shape index (κ3) is 4.00. The number of methoxy groups -OCH3 is 1. The van der Waals surface area contributed by atoms with E-state index in [4.69, 9.17) is 15.2 Å². The topological polar surface area (TPSA) is 44.5 Å². The van der Waals surface area contributed by atoms with E-state index in [1.807, 2.05) is 43.3 Å². The fourth-order valence-corrected chi connectivity index (χ4v) is 2.07. The van der Waals surface area contributed by atoms with E-state index in [0.717, 1.165) is 29.0 Å². The first kappa shape index (κ1) is 14.4. The summed E-state index contributed by atoms with van der Waals surface area (Å²) in [6.07, 6.45) is 0.765. The van der Waals surface area contributed by atoms with Gasteiger partial charge in [0, 0.05) is 6.04 Å². The van der Waals surface area contributed by atoms with Crippen LogP contribution in [0.25, 0.3) is 0 Å². The van der Waals surface area contributed by atoms with Gasteiger partial charge in [-0.15, -0.1) is 0 Å². The van der Waals surface area contributed by atoms with Gasteiger partial charge in [0.15, 0.2) is 0 Å². The molecule has 0 heterocycles. The lowest BCUT2D eigenvalue weighted by Gasteiger charge is -2.14. The molecule has 0 amide bonds. The summed E-state index contributed by atoms with van der Waals surface area (Å²) in [6, 6.07) is 16.0. The number of hydrogen-bond acceptors (Lipinski definition) is 3. The van der Waals surface area contributed by atoms with Gasteiger partial charge in [-0.2, -0.15) is 0 Å². The Bertz CT molecular complexity index is 538. The van der Waals surface area contributed by atoms with E-state index < -0.39 is 0 Å². The van der Waals surface area contributed by atoms with Crippen molar-refractivity contribution in [2.45, 2.75) is 26.0 Å². The molecule has 0 saturated heterocycles. The highest BCUT2D eigenvalue weighted by molar-refractivity contribution is 5.41. The quantitative estimate of drug-likeness (QED) is 0.877. The van der Waals surface area contributed by atoms with Gasteiger partial charge in [0.1, 0.15) is 18.1 Å². The van der Waals surface area contributed by atoms with E-state index in [0.29, 0.717) is 6.61 Å². The van der Waals surface area contributed by atoms with Crippen LogP contribution in [-0.4, -0.2) is 13.2 Å². The van der Waals surface area contributed by atoms with Gasteiger partial charge in [-0.3, -0.25) is 0 Å². The first-order valence-corrected chi connectivity index (χ1v) is 6.78. The van der Waals surface area contributed by atoms with E-state index in [1.165, 1.54) is 0 Å². The van der Waals surface area contributed by atoms with Gasteiger partial charge in [-0.25, -0.2) is 0 Å². The molecule has 3 heteroatoms. The van der Waals surface area contributed by atoms with E-state index in [9.17, 15) is 0 Å². The average molecular weight is 271 g/mol. The molecule has 0 aliphatic heterocycles. The van der Waals surface area contributed by atoms with Crippen LogP contribution < -0.4 is 15.2 Å². The van der Waals surface area contributed by atoms with Crippen LogP contribution in [0.15, 0.2) is 48.5 Å². The van der Waals surface area contributed by atoms with Crippen LogP contribution in [0.5, 0.6) is 11.5 Å². The summed E-state index contributed by atoms with van der Waals surface area (Å²) < 4.78 is 11.2. The summed E-state index contributed by atoms with van der Waals surface area (Å²) in [4.78, 5) is 0. The molecule has 0 saturated carbocycles. The van der Waals surface area contributed by atoms with Gasteiger partial charge >= 0.3 is 0 Å². The maximum Gasteiger partial charge on any atom is 0.123 e. The van der Waals surface area contributed by atoms with Crippen molar-refractivity contribution < 1.29 is 9.47 Å². The Balaban J connectivity index is 2.13. The normalized spacial score (nSPS) is 11.9. The summed E-state index contributed by atoms with van der Waals surface area (Å²) >= 11 is 0. The van der Waals surface area contributed by atoms with Gasteiger partial charge in [0.05, 0.1) is 7.11 Å². The zero-order chi connectivity index (χ0) is 14.4. The second-order valence-corrected chi connectivity index (χ2v) is 4.93. The lowest BCUT2D eigenvalue weighted by Crippen LogP contribution is -2.18. The second-order valence-electron chi connectivity index (χ2n) is 4.93. The molecule has 2 aromatic rings. The Morgan fingerprint density at radius 2 is 1.85 bits per heavy atom. The molecule has 0 aliphatic rings. The minimum atomic E-state index is 0.0844. The summed E-state index contributed by atoms with van der Waals surface area (Å²) in [7, 11) is 1.66. The Labute approximate surface area is 120 Å². The first-order valence-electron chi connectivity index (χ1n) is 6.78. The van der Waals surface area contributed by atoms with E-state index >= 15 is 0 Å². The average Bonchev–Trinajstić information content (AvgIpc) is 2.46. The molecule has 0 spiro atoms. The molecule has 0 fully saturated rings. The fourth-order valence-electron chi connectivity index (χ4n) is 2.07. The lowest BCUT2D eigenvalue weighted by molar-refractivity contribution is 0.301. The third-order valence-corrected chi connectivity index (χ3v) is 3.05. The van der Waals surface area contributed by atoms with Crippen molar-refractivity contribution in [3.8, 4) is 11.5 Å². The number of benzene rings is 2. The minimum Gasteiger partial charge on any atom is -0.497 e. The molecule has 106 valence electrons. The predicted molar refractivity (Wildman–Crippen MR) is 81.1 cm³/mol. The molecule has 1 unspecified atom stereocenters. The number of nitrogens with two attached hydrogens (primary N) is 1. The SMILES string of the molecule is COc1ccc(OCc2ccccc2)c(CC(C)N)c1. The summed E-state index contributed by atoms with van der Waals surface area (Å²) in [5.74, 6) is 1.69. The largest absolute Gasteiger partial charge is 0.497 e. The van der Waals surface area contributed by atoms with Crippen molar-refractivity contribution >= 4 is 0 Å². The van der Waals surface area contributed by atoms with Crippen LogP contribution >= 0.6 is 0 Å². The van der Waals surface area contributed by atoms with Crippen molar-refractivity contribution in [3.63, 3.8) is 0 Å². The zero-order valence-electron chi connectivity index (χ0n) is 12.0. The standard InChI is InChI=1S/C17H21NO2/c1-13(18)10-15-11-16(19-2)8-9-17(15)20-12-14-6-4-3-5-7-14/h3-9,11,13H,10,12,18H2,1-2H3. The molecule has 2 aromatic carbocycles. The molecule has 0 bridgehead atoms. The third-order valence-electron chi connectivity index (χ3n) is 3.05. The number of hydrogen-bond donors (Lipinski definition) is 1. The molecule has 20 heavy (non-hydrogen) atoms. The predicted octanol–water partition coefficient (Wildman–Crippen LogP) is 3.16. The molecule has 2 rings (SSSR count).